The van der Waals surface area contributed by atoms with Crippen molar-refractivity contribution in [1.82, 2.24) is 5.32 Å². The molecule has 1 atom stereocenters. The normalized spacial score (nSPS) is 16.4. The lowest BCUT2D eigenvalue weighted by Gasteiger charge is -2.32. The minimum absolute atomic E-state index is 0.364. The van der Waals surface area contributed by atoms with E-state index in [-0.39, 0.29) is 0 Å². The summed E-state index contributed by atoms with van der Waals surface area (Å²) in [6, 6.07) is 1.78. The Morgan fingerprint density at radius 3 is 2.65 bits per heavy atom. The topological polar surface area (TPSA) is 73.6 Å². The van der Waals surface area contributed by atoms with Gasteiger partial charge in [0.15, 0.2) is 0 Å². The van der Waals surface area contributed by atoms with Crippen LogP contribution < -0.4 is 15.8 Å². The molecule has 0 aliphatic carbocycles. The van der Waals surface area contributed by atoms with Crippen molar-refractivity contribution < 1.29 is 14.3 Å². The second-order valence-corrected chi connectivity index (χ2v) is 5.36. The number of amides is 1. The lowest BCUT2D eigenvalue weighted by atomic mass is 9.87. The van der Waals surface area contributed by atoms with E-state index in [1.165, 1.54) is 0 Å². The number of benzene rings is 1. The highest BCUT2D eigenvalue weighted by Crippen LogP contribution is 2.41. The van der Waals surface area contributed by atoms with Gasteiger partial charge < -0.3 is 20.5 Å². The van der Waals surface area contributed by atoms with Crippen LogP contribution in [0.2, 0.25) is 5.02 Å². The zero-order valence-corrected chi connectivity index (χ0v) is 12.6. The summed E-state index contributed by atoms with van der Waals surface area (Å²) in [5, 5.41) is 3.88. The highest BCUT2D eigenvalue weighted by Gasteiger charge is 2.29. The van der Waals surface area contributed by atoms with Crippen LogP contribution in [0.15, 0.2) is 6.07 Å². The van der Waals surface area contributed by atoms with Crippen LogP contribution in [0, 0.1) is 6.92 Å². The summed E-state index contributed by atoms with van der Waals surface area (Å²) in [6.45, 7) is 5.50. The molecule has 110 valence electrons. The molecule has 1 fully saturated rings. The maximum absolute atomic E-state index is 10.9. The summed E-state index contributed by atoms with van der Waals surface area (Å²) in [7, 11) is 1.61. The average Bonchev–Trinajstić information content (AvgIpc) is 2.31. The van der Waals surface area contributed by atoms with Gasteiger partial charge in [-0.1, -0.05) is 11.6 Å². The summed E-state index contributed by atoms with van der Waals surface area (Å²) in [4.78, 5) is 10.9. The quantitative estimate of drug-likeness (QED) is 0.896. The number of carbonyl (C=O) groups excluding carboxylic acids is 1. The van der Waals surface area contributed by atoms with Crippen LogP contribution in [0.3, 0.4) is 0 Å². The van der Waals surface area contributed by atoms with E-state index in [2.05, 4.69) is 5.32 Å². The number of nitrogens with two attached hydrogens (primary N) is 1. The second kappa shape index (κ2) is 5.89. The van der Waals surface area contributed by atoms with Crippen LogP contribution >= 0.6 is 11.6 Å². The van der Waals surface area contributed by atoms with Gasteiger partial charge in [0.1, 0.15) is 11.9 Å². The van der Waals surface area contributed by atoms with E-state index in [1.54, 1.807) is 20.1 Å². The molecule has 1 aliphatic heterocycles. The molecular weight excluding hydrogens is 280 g/mol. The Balaban J connectivity index is 2.50. The minimum Gasteiger partial charge on any atom is -0.496 e. The first-order chi connectivity index (χ1) is 9.45. The van der Waals surface area contributed by atoms with E-state index in [9.17, 15) is 4.79 Å². The van der Waals surface area contributed by atoms with Crippen molar-refractivity contribution in [2.24, 2.45) is 5.73 Å². The first-order valence-electron chi connectivity index (χ1n) is 6.49. The van der Waals surface area contributed by atoms with Crippen LogP contribution in [-0.4, -0.2) is 26.3 Å². The molecule has 1 aromatic rings. The molecule has 5 nitrogen and oxygen atoms in total. The van der Waals surface area contributed by atoms with Crippen LogP contribution in [-0.2, 0) is 4.74 Å². The summed E-state index contributed by atoms with van der Waals surface area (Å²) in [5.74, 6) is 1.09. The number of hydrogen-bond donors (Lipinski definition) is 2. The molecule has 0 spiro atoms. The SMILES string of the molecule is COc1c(C(C)OC(N)=O)cc(Cl)c(C)c1C1CNC1. The fourth-order valence-corrected chi connectivity index (χ4v) is 2.74. The zero-order valence-electron chi connectivity index (χ0n) is 11.8. The largest absolute Gasteiger partial charge is 0.496 e. The maximum Gasteiger partial charge on any atom is 0.405 e. The molecule has 0 bridgehead atoms. The van der Waals surface area contributed by atoms with E-state index < -0.39 is 12.2 Å². The Kier molecular flexibility index (Phi) is 4.40. The molecule has 0 radical (unpaired) electrons. The number of halogens is 1. The van der Waals surface area contributed by atoms with Crippen LogP contribution in [0.5, 0.6) is 5.75 Å². The molecule has 3 N–H and O–H groups in total. The van der Waals surface area contributed by atoms with E-state index in [1.807, 2.05) is 6.92 Å². The number of ether oxygens (including phenoxy) is 2. The number of hydrogen-bond acceptors (Lipinski definition) is 4. The van der Waals surface area contributed by atoms with Crippen molar-refractivity contribution in [1.29, 1.82) is 0 Å². The Morgan fingerprint density at radius 2 is 2.20 bits per heavy atom. The third-order valence-electron chi connectivity index (χ3n) is 3.68. The van der Waals surface area contributed by atoms with E-state index in [0.29, 0.717) is 10.9 Å². The van der Waals surface area contributed by atoms with Crippen LogP contribution in [0.4, 0.5) is 4.79 Å². The molecule has 1 aromatic carbocycles. The molecule has 1 heterocycles. The van der Waals surface area contributed by atoms with E-state index in [4.69, 9.17) is 26.8 Å². The first-order valence-corrected chi connectivity index (χ1v) is 6.87. The Labute approximate surface area is 123 Å². The number of carbonyl (C=O) groups is 1. The smallest absolute Gasteiger partial charge is 0.405 e. The second-order valence-electron chi connectivity index (χ2n) is 4.95. The average molecular weight is 299 g/mol. The zero-order chi connectivity index (χ0) is 14.9. The standard InChI is InChI=1S/C14H19ClN2O3/c1-7-11(15)4-10(8(2)20-14(16)18)13(19-3)12(7)9-5-17-6-9/h4,8-9,17H,5-6H2,1-3H3,(H2,16,18). The third kappa shape index (κ3) is 2.69. The molecule has 20 heavy (non-hydrogen) atoms. The number of primary amides is 1. The monoisotopic (exact) mass is 298 g/mol. The van der Waals surface area contributed by atoms with Gasteiger partial charge >= 0.3 is 6.09 Å². The fourth-order valence-electron chi connectivity index (χ4n) is 2.52. The molecule has 1 amide bonds. The lowest BCUT2D eigenvalue weighted by Crippen LogP contribution is -2.40. The van der Waals surface area contributed by atoms with Gasteiger partial charge in [-0.2, -0.15) is 0 Å². The summed E-state index contributed by atoms with van der Waals surface area (Å²) >= 11 is 6.31. The van der Waals surface area contributed by atoms with Gasteiger partial charge in [0.2, 0.25) is 0 Å². The van der Waals surface area contributed by atoms with Crippen molar-refractivity contribution in [3.63, 3.8) is 0 Å². The molecule has 2 rings (SSSR count). The highest BCUT2D eigenvalue weighted by molar-refractivity contribution is 6.31. The van der Waals surface area contributed by atoms with Gasteiger partial charge in [0, 0.05) is 35.2 Å². The predicted molar refractivity (Wildman–Crippen MR) is 77.4 cm³/mol. The number of rotatable bonds is 4. The summed E-state index contributed by atoms with van der Waals surface area (Å²) < 4.78 is 10.6. The van der Waals surface area contributed by atoms with Crippen LogP contribution in [0.25, 0.3) is 0 Å². The molecule has 1 aliphatic rings. The minimum atomic E-state index is -0.817. The van der Waals surface area contributed by atoms with Gasteiger partial charge in [0.05, 0.1) is 7.11 Å². The maximum atomic E-state index is 10.9. The van der Waals surface area contributed by atoms with Gasteiger partial charge in [0.25, 0.3) is 0 Å². The Hall–Kier alpha value is -1.46. The van der Waals surface area contributed by atoms with Crippen molar-refractivity contribution >= 4 is 17.7 Å². The molecule has 0 aromatic heterocycles. The molecule has 1 unspecified atom stereocenters. The predicted octanol–water partition coefficient (Wildman–Crippen LogP) is 2.50. The van der Waals surface area contributed by atoms with E-state index in [0.717, 1.165) is 35.5 Å². The lowest BCUT2D eigenvalue weighted by molar-refractivity contribution is 0.115. The molecular formula is C14H19ClN2O3. The van der Waals surface area contributed by atoms with Gasteiger partial charge in [-0.3, -0.25) is 0 Å². The van der Waals surface area contributed by atoms with Gasteiger partial charge in [-0.25, -0.2) is 4.79 Å². The molecule has 1 saturated heterocycles. The highest BCUT2D eigenvalue weighted by atomic mass is 35.5. The fraction of sp³-hybridized carbons (Fsp3) is 0.500. The molecule has 6 heteroatoms. The van der Waals surface area contributed by atoms with E-state index >= 15 is 0 Å². The third-order valence-corrected chi connectivity index (χ3v) is 4.07. The van der Waals surface area contributed by atoms with Gasteiger partial charge in [-0.05, 0) is 25.5 Å². The number of nitrogens with one attached hydrogen (secondary N) is 1. The van der Waals surface area contributed by atoms with Crippen molar-refractivity contribution in [2.75, 3.05) is 20.2 Å². The number of methoxy groups -OCH3 is 1. The van der Waals surface area contributed by atoms with Crippen molar-refractivity contribution in [2.45, 2.75) is 25.9 Å². The summed E-state index contributed by atoms with van der Waals surface area (Å²) in [5.41, 5.74) is 7.90. The Morgan fingerprint density at radius 1 is 1.55 bits per heavy atom. The Bertz CT molecular complexity index is 530. The first kappa shape index (κ1) is 14.9. The molecule has 0 saturated carbocycles. The summed E-state index contributed by atoms with van der Waals surface area (Å²) in [6.07, 6.45) is -1.32. The van der Waals surface area contributed by atoms with Crippen LogP contribution in [0.1, 0.15) is 35.6 Å². The van der Waals surface area contributed by atoms with Crippen molar-refractivity contribution in [3.05, 3.63) is 27.8 Å². The van der Waals surface area contributed by atoms with Crippen molar-refractivity contribution in [3.8, 4) is 5.75 Å². The van der Waals surface area contributed by atoms with Gasteiger partial charge in [-0.15, -0.1) is 0 Å².